The molecular weight excluding hydrogens is 358 g/mol. The molecule has 2 N–H and O–H groups in total. The number of carbonyl (C=O) groups excluding carboxylic acids is 3. The van der Waals surface area contributed by atoms with E-state index < -0.39 is 6.04 Å². The first kappa shape index (κ1) is 20.4. The molecule has 2 atom stereocenters. The molecular formula is C20H31N5O3. The predicted molar refractivity (Wildman–Crippen MR) is 105 cm³/mol. The highest BCUT2D eigenvalue weighted by atomic mass is 16.2. The molecule has 1 aromatic heterocycles. The summed E-state index contributed by atoms with van der Waals surface area (Å²) in [6, 6.07) is -1.38. The number of aromatic nitrogens is 2. The summed E-state index contributed by atoms with van der Waals surface area (Å²) in [6.45, 7) is 8.63. The molecule has 1 aliphatic carbocycles. The SMILES string of the molecule is CCn1nc(C)c([C@H](C)NC(=O)C[C@H]2NC(=O)N(C3CCCCC3)C2=O)c1C. The molecule has 3 rings (SSSR count). The number of nitrogens with one attached hydrogen (secondary N) is 2. The van der Waals surface area contributed by atoms with Crippen molar-refractivity contribution in [3.05, 3.63) is 17.0 Å². The number of aryl methyl sites for hydroxylation is 2. The number of hydrogen-bond donors (Lipinski definition) is 2. The van der Waals surface area contributed by atoms with E-state index in [-0.39, 0.29) is 36.3 Å². The van der Waals surface area contributed by atoms with Gasteiger partial charge < -0.3 is 10.6 Å². The van der Waals surface area contributed by atoms with Gasteiger partial charge in [-0.25, -0.2) is 4.79 Å². The summed E-state index contributed by atoms with van der Waals surface area (Å²) in [7, 11) is 0. The Morgan fingerprint density at radius 3 is 2.54 bits per heavy atom. The minimum atomic E-state index is -0.776. The normalized spacial score (nSPS) is 21.7. The van der Waals surface area contributed by atoms with Crippen LogP contribution in [0.2, 0.25) is 0 Å². The Morgan fingerprint density at radius 2 is 1.93 bits per heavy atom. The minimum absolute atomic E-state index is 0.0292. The number of rotatable bonds is 6. The number of carbonyl (C=O) groups is 3. The third-order valence-electron chi connectivity index (χ3n) is 5.93. The van der Waals surface area contributed by atoms with Gasteiger partial charge in [0.05, 0.1) is 18.2 Å². The van der Waals surface area contributed by atoms with Crippen LogP contribution in [0.4, 0.5) is 4.79 Å². The summed E-state index contributed by atoms with van der Waals surface area (Å²) in [4.78, 5) is 38.9. The minimum Gasteiger partial charge on any atom is -0.349 e. The van der Waals surface area contributed by atoms with Crippen LogP contribution in [-0.2, 0) is 16.1 Å². The van der Waals surface area contributed by atoms with Gasteiger partial charge in [0.1, 0.15) is 6.04 Å². The van der Waals surface area contributed by atoms with E-state index in [9.17, 15) is 14.4 Å². The summed E-state index contributed by atoms with van der Waals surface area (Å²) >= 11 is 0. The van der Waals surface area contributed by atoms with Crippen molar-refractivity contribution < 1.29 is 14.4 Å². The molecule has 8 nitrogen and oxygen atoms in total. The topological polar surface area (TPSA) is 96.3 Å². The van der Waals surface area contributed by atoms with Crippen LogP contribution in [0, 0.1) is 13.8 Å². The quantitative estimate of drug-likeness (QED) is 0.730. The van der Waals surface area contributed by atoms with E-state index in [1.54, 1.807) is 0 Å². The number of hydrogen-bond acceptors (Lipinski definition) is 4. The molecule has 1 aliphatic heterocycles. The zero-order valence-electron chi connectivity index (χ0n) is 17.2. The lowest BCUT2D eigenvalue weighted by molar-refractivity contribution is -0.132. The Labute approximate surface area is 166 Å². The second-order valence-electron chi connectivity index (χ2n) is 7.90. The van der Waals surface area contributed by atoms with Crippen molar-refractivity contribution in [2.24, 2.45) is 0 Å². The zero-order valence-corrected chi connectivity index (χ0v) is 17.2. The van der Waals surface area contributed by atoms with E-state index in [0.717, 1.165) is 55.6 Å². The van der Waals surface area contributed by atoms with Crippen molar-refractivity contribution in [1.29, 1.82) is 0 Å². The average molecular weight is 390 g/mol. The Balaban J connectivity index is 1.61. The van der Waals surface area contributed by atoms with Crippen molar-refractivity contribution in [1.82, 2.24) is 25.3 Å². The lowest BCUT2D eigenvalue weighted by Gasteiger charge is -2.28. The summed E-state index contributed by atoms with van der Waals surface area (Å²) in [5.41, 5.74) is 2.92. The Morgan fingerprint density at radius 1 is 1.25 bits per heavy atom. The predicted octanol–water partition coefficient (Wildman–Crippen LogP) is 2.34. The number of urea groups is 1. The van der Waals surface area contributed by atoms with E-state index in [1.807, 2.05) is 32.4 Å². The molecule has 8 heteroatoms. The van der Waals surface area contributed by atoms with Crippen LogP contribution in [-0.4, -0.2) is 44.6 Å². The van der Waals surface area contributed by atoms with Gasteiger partial charge in [0.25, 0.3) is 5.91 Å². The Hall–Kier alpha value is -2.38. The van der Waals surface area contributed by atoms with Gasteiger partial charge in [-0.05, 0) is 40.5 Å². The molecule has 154 valence electrons. The van der Waals surface area contributed by atoms with Gasteiger partial charge in [-0.15, -0.1) is 0 Å². The van der Waals surface area contributed by atoms with Crippen LogP contribution < -0.4 is 10.6 Å². The molecule has 0 unspecified atom stereocenters. The van der Waals surface area contributed by atoms with Crippen LogP contribution in [0.25, 0.3) is 0 Å². The van der Waals surface area contributed by atoms with Crippen LogP contribution in [0.3, 0.4) is 0 Å². The summed E-state index contributed by atoms with van der Waals surface area (Å²) < 4.78 is 1.91. The third-order valence-corrected chi connectivity index (χ3v) is 5.93. The van der Waals surface area contributed by atoms with E-state index in [0.29, 0.717) is 0 Å². The van der Waals surface area contributed by atoms with Crippen LogP contribution >= 0.6 is 0 Å². The molecule has 1 aromatic rings. The smallest absolute Gasteiger partial charge is 0.325 e. The fraction of sp³-hybridized carbons (Fsp3) is 0.700. The summed E-state index contributed by atoms with van der Waals surface area (Å²) in [5.74, 6) is -0.523. The largest absolute Gasteiger partial charge is 0.349 e. The summed E-state index contributed by atoms with van der Waals surface area (Å²) in [5, 5.41) is 10.1. The van der Waals surface area contributed by atoms with Gasteiger partial charge in [0.15, 0.2) is 0 Å². The molecule has 0 spiro atoms. The molecule has 1 saturated heterocycles. The van der Waals surface area contributed by atoms with Gasteiger partial charge >= 0.3 is 6.03 Å². The van der Waals surface area contributed by atoms with Crippen molar-refractivity contribution in [2.45, 2.75) is 90.9 Å². The maximum Gasteiger partial charge on any atom is 0.325 e. The van der Waals surface area contributed by atoms with E-state index in [4.69, 9.17) is 0 Å². The maximum absolute atomic E-state index is 12.7. The van der Waals surface area contributed by atoms with Gasteiger partial charge in [-0.1, -0.05) is 19.3 Å². The van der Waals surface area contributed by atoms with Crippen LogP contribution in [0.5, 0.6) is 0 Å². The average Bonchev–Trinajstić information content (AvgIpc) is 3.10. The molecule has 2 aliphatic rings. The molecule has 28 heavy (non-hydrogen) atoms. The molecule has 0 aromatic carbocycles. The third kappa shape index (κ3) is 3.91. The standard InChI is InChI=1S/C20H31N5O3/c1-5-24-14(4)18(13(3)23-24)12(2)21-17(26)11-16-19(27)25(20(28)22-16)15-9-7-6-8-10-15/h12,15-16H,5-11H2,1-4H3,(H,21,26)(H,22,28)/t12-,16+/m0/s1. The number of imide groups is 1. The van der Waals surface area contributed by atoms with Gasteiger partial charge in [-0.2, -0.15) is 5.10 Å². The number of amides is 4. The van der Waals surface area contributed by atoms with E-state index in [2.05, 4.69) is 15.7 Å². The molecule has 2 fully saturated rings. The monoisotopic (exact) mass is 389 g/mol. The molecule has 1 saturated carbocycles. The van der Waals surface area contributed by atoms with Gasteiger partial charge in [0.2, 0.25) is 5.91 Å². The highest BCUT2D eigenvalue weighted by molar-refractivity contribution is 6.06. The van der Waals surface area contributed by atoms with Gasteiger partial charge in [0, 0.05) is 23.8 Å². The van der Waals surface area contributed by atoms with Gasteiger partial charge in [-0.3, -0.25) is 19.2 Å². The first-order valence-corrected chi connectivity index (χ1v) is 10.3. The second-order valence-corrected chi connectivity index (χ2v) is 7.90. The molecule has 2 heterocycles. The highest BCUT2D eigenvalue weighted by Gasteiger charge is 2.43. The lowest BCUT2D eigenvalue weighted by Crippen LogP contribution is -2.42. The van der Waals surface area contributed by atoms with Crippen LogP contribution in [0.15, 0.2) is 0 Å². The molecule has 4 amide bonds. The van der Waals surface area contributed by atoms with E-state index >= 15 is 0 Å². The van der Waals surface area contributed by atoms with Crippen molar-refractivity contribution in [2.75, 3.05) is 0 Å². The number of nitrogens with zero attached hydrogens (tertiary/aromatic N) is 3. The molecule has 0 radical (unpaired) electrons. The summed E-state index contributed by atoms with van der Waals surface area (Å²) in [6.07, 6.45) is 4.89. The first-order valence-electron chi connectivity index (χ1n) is 10.3. The van der Waals surface area contributed by atoms with Crippen molar-refractivity contribution in [3.8, 4) is 0 Å². The first-order chi connectivity index (χ1) is 13.3. The Kier molecular flexibility index (Phi) is 6.05. The van der Waals surface area contributed by atoms with Crippen molar-refractivity contribution >= 4 is 17.8 Å². The zero-order chi connectivity index (χ0) is 20.4. The van der Waals surface area contributed by atoms with Crippen molar-refractivity contribution in [3.63, 3.8) is 0 Å². The lowest BCUT2D eigenvalue weighted by atomic mass is 9.94. The fourth-order valence-electron chi connectivity index (χ4n) is 4.57. The second kappa shape index (κ2) is 8.32. The molecule has 0 bridgehead atoms. The van der Waals surface area contributed by atoms with E-state index in [1.165, 1.54) is 4.90 Å². The van der Waals surface area contributed by atoms with Crippen LogP contribution in [0.1, 0.15) is 75.4 Å². The Bertz CT molecular complexity index is 766. The fourth-order valence-corrected chi connectivity index (χ4v) is 4.57. The maximum atomic E-state index is 12.7. The highest BCUT2D eigenvalue weighted by Crippen LogP contribution is 2.26.